The smallest absolute Gasteiger partial charge is 0.130 e. The van der Waals surface area contributed by atoms with Crippen molar-refractivity contribution in [1.82, 2.24) is 14.9 Å². The molecular weight excluding hydrogens is 294 g/mol. The van der Waals surface area contributed by atoms with Crippen molar-refractivity contribution in [1.29, 1.82) is 0 Å². The van der Waals surface area contributed by atoms with E-state index in [4.69, 9.17) is 4.74 Å². The average Bonchev–Trinajstić information content (AvgIpc) is 3.20. The molecule has 4 nitrogen and oxygen atoms in total. The molecule has 3 aromatic rings. The normalized spacial score (nSPS) is 12.3. The Balaban J connectivity index is 1.94. The Morgan fingerprint density at radius 3 is 2.82 bits per heavy atom. The second kappa shape index (κ2) is 6.77. The van der Waals surface area contributed by atoms with E-state index in [1.54, 1.807) is 18.4 Å². The zero-order valence-electron chi connectivity index (χ0n) is 12.7. The minimum absolute atomic E-state index is 0.0155. The molecule has 5 heteroatoms. The SMILES string of the molecule is COc1ccccc1[C@@H](NCc1cccs1)c1nccn1C. The molecule has 0 radical (unpaired) electrons. The summed E-state index contributed by atoms with van der Waals surface area (Å²) in [7, 11) is 3.71. The average molecular weight is 313 g/mol. The summed E-state index contributed by atoms with van der Waals surface area (Å²) in [5.41, 5.74) is 1.09. The summed E-state index contributed by atoms with van der Waals surface area (Å²) in [5, 5.41) is 5.70. The first-order chi connectivity index (χ1) is 10.8. The second-order valence-electron chi connectivity index (χ2n) is 5.03. The van der Waals surface area contributed by atoms with Gasteiger partial charge in [-0.25, -0.2) is 4.98 Å². The third-order valence-electron chi connectivity index (χ3n) is 3.63. The van der Waals surface area contributed by atoms with Gasteiger partial charge in [0.2, 0.25) is 0 Å². The molecule has 0 bridgehead atoms. The van der Waals surface area contributed by atoms with Crippen LogP contribution < -0.4 is 10.1 Å². The molecule has 0 aliphatic rings. The fourth-order valence-electron chi connectivity index (χ4n) is 2.52. The van der Waals surface area contributed by atoms with Gasteiger partial charge in [-0.15, -0.1) is 11.3 Å². The van der Waals surface area contributed by atoms with Gasteiger partial charge in [0.05, 0.1) is 13.2 Å². The lowest BCUT2D eigenvalue weighted by Crippen LogP contribution is -2.25. The van der Waals surface area contributed by atoms with Gasteiger partial charge >= 0.3 is 0 Å². The van der Waals surface area contributed by atoms with Crippen LogP contribution in [-0.4, -0.2) is 16.7 Å². The van der Waals surface area contributed by atoms with Crippen molar-refractivity contribution in [3.8, 4) is 5.75 Å². The molecule has 0 unspecified atom stereocenters. The van der Waals surface area contributed by atoms with Crippen molar-refractivity contribution in [2.24, 2.45) is 7.05 Å². The number of methoxy groups -OCH3 is 1. The molecule has 0 saturated carbocycles. The van der Waals surface area contributed by atoms with E-state index in [9.17, 15) is 0 Å². The Labute approximate surface area is 134 Å². The van der Waals surface area contributed by atoms with E-state index in [-0.39, 0.29) is 6.04 Å². The van der Waals surface area contributed by atoms with Gasteiger partial charge < -0.3 is 9.30 Å². The summed E-state index contributed by atoms with van der Waals surface area (Å²) in [6.07, 6.45) is 3.79. The molecule has 22 heavy (non-hydrogen) atoms. The zero-order chi connectivity index (χ0) is 15.4. The predicted octanol–water partition coefficient (Wildman–Crippen LogP) is 3.37. The van der Waals surface area contributed by atoms with Gasteiger partial charge in [0.1, 0.15) is 11.6 Å². The van der Waals surface area contributed by atoms with Gasteiger partial charge in [0.25, 0.3) is 0 Å². The number of benzene rings is 1. The largest absolute Gasteiger partial charge is 0.496 e. The molecule has 0 aliphatic heterocycles. The molecular formula is C17H19N3OS. The summed E-state index contributed by atoms with van der Waals surface area (Å²) in [4.78, 5) is 5.82. The summed E-state index contributed by atoms with van der Waals surface area (Å²) in [5.74, 6) is 1.84. The summed E-state index contributed by atoms with van der Waals surface area (Å²) < 4.78 is 7.57. The van der Waals surface area contributed by atoms with Gasteiger partial charge in [-0.05, 0) is 17.5 Å². The lowest BCUT2D eigenvalue weighted by atomic mass is 10.0. The lowest BCUT2D eigenvalue weighted by Gasteiger charge is -2.21. The first-order valence-electron chi connectivity index (χ1n) is 7.15. The number of nitrogens with zero attached hydrogens (tertiary/aromatic N) is 2. The minimum atomic E-state index is -0.0155. The van der Waals surface area contributed by atoms with E-state index < -0.39 is 0 Å². The molecule has 1 aromatic carbocycles. The van der Waals surface area contributed by atoms with Gasteiger partial charge in [-0.3, -0.25) is 5.32 Å². The first-order valence-corrected chi connectivity index (χ1v) is 8.03. The van der Waals surface area contributed by atoms with Crippen LogP contribution >= 0.6 is 11.3 Å². The number of imidazole rings is 1. The number of hydrogen-bond donors (Lipinski definition) is 1. The van der Waals surface area contributed by atoms with Crippen LogP contribution in [-0.2, 0) is 13.6 Å². The third-order valence-corrected chi connectivity index (χ3v) is 4.50. The van der Waals surface area contributed by atoms with E-state index >= 15 is 0 Å². The quantitative estimate of drug-likeness (QED) is 0.758. The first kappa shape index (κ1) is 14.8. The van der Waals surface area contributed by atoms with Crippen LogP contribution in [0.25, 0.3) is 0 Å². The molecule has 1 atom stereocenters. The number of aromatic nitrogens is 2. The Hall–Kier alpha value is -2.11. The van der Waals surface area contributed by atoms with Gasteiger partial charge in [-0.2, -0.15) is 0 Å². The number of nitrogens with one attached hydrogen (secondary N) is 1. The van der Waals surface area contributed by atoms with E-state index in [1.165, 1.54) is 4.88 Å². The van der Waals surface area contributed by atoms with Crippen LogP contribution in [0.4, 0.5) is 0 Å². The molecule has 0 saturated heterocycles. The van der Waals surface area contributed by atoms with Crippen molar-refractivity contribution < 1.29 is 4.74 Å². The van der Waals surface area contributed by atoms with Crippen LogP contribution in [0.2, 0.25) is 0 Å². The summed E-state index contributed by atoms with van der Waals surface area (Å²) in [6, 6.07) is 12.3. The molecule has 0 amide bonds. The van der Waals surface area contributed by atoms with Crippen LogP contribution in [0.5, 0.6) is 5.75 Å². The highest BCUT2D eigenvalue weighted by Crippen LogP contribution is 2.29. The maximum Gasteiger partial charge on any atom is 0.130 e. The van der Waals surface area contributed by atoms with Crippen LogP contribution in [0, 0.1) is 0 Å². The van der Waals surface area contributed by atoms with Crippen LogP contribution in [0.1, 0.15) is 22.3 Å². The second-order valence-corrected chi connectivity index (χ2v) is 6.06. The van der Waals surface area contributed by atoms with E-state index in [1.807, 2.05) is 42.2 Å². The van der Waals surface area contributed by atoms with Gasteiger partial charge in [0, 0.05) is 36.4 Å². The van der Waals surface area contributed by atoms with Crippen molar-refractivity contribution >= 4 is 11.3 Å². The molecule has 2 aromatic heterocycles. The fraction of sp³-hybridized carbons (Fsp3) is 0.235. The standard InChI is InChI=1S/C17H19N3OS/c1-20-10-9-18-17(20)16(19-12-13-6-5-11-22-13)14-7-3-4-8-15(14)21-2/h3-11,16,19H,12H2,1-2H3/t16-/m1/s1. The highest BCUT2D eigenvalue weighted by Gasteiger charge is 2.21. The Morgan fingerprint density at radius 2 is 2.14 bits per heavy atom. The summed E-state index contributed by atoms with van der Waals surface area (Å²) >= 11 is 1.75. The van der Waals surface area contributed by atoms with Gasteiger partial charge in [0.15, 0.2) is 0 Å². The number of ether oxygens (including phenoxy) is 1. The Kier molecular flexibility index (Phi) is 4.56. The molecule has 3 rings (SSSR count). The molecule has 1 N–H and O–H groups in total. The maximum absolute atomic E-state index is 5.53. The maximum atomic E-state index is 5.53. The highest BCUT2D eigenvalue weighted by atomic mass is 32.1. The molecule has 114 valence electrons. The molecule has 2 heterocycles. The zero-order valence-corrected chi connectivity index (χ0v) is 13.5. The Morgan fingerprint density at radius 1 is 1.27 bits per heavy atom. The number of rotatable bonds is 6. The third kappa shape index (κ3) is 3.05. The highest BCUT2D eigenvalue weighted by molar-refractivity contribution is 7.09. The molecule has 0 spiro atoms. The number of hydrogen-bond acceptors (Lipinski definition) is 4. The van der Waals surface area contributed by atoms with Crippen molar-refractivity contribution in [2.45, 2.75) is 12.6 Å². The fourth-order valence-corrected chi connectivity index (χ4v) is 3.17. The van der Waals surface area contributed by atoms with E-state index in [0.29, 0.717) is 0 Å². The minimum Gasteiger partial charge on any atom is -0.496 e. The molecule has 0 fully saturated rings. The Bertz CT molecular complexity index is 721. The van der Waals surface area contributed by atoms with Crippen LogP contribution in [0.3, 0.4) is 0 Å². The lowest BCUT2D eigenvalue weighted by molar-refractivity contribution is 0.401. The number of thiophene rings is 1. The van der Waals surface area contributed by atoms with Crippen molar-refractivity contribution in [2.75, 3.05) is 7.11 Å². The summed E-state index contributed by atoms with van der Waals surface area (Å²) in [6.45, 7) is 0.799. The monoisotopic (exact) mass is 313 g/mol. The van der Waals surface area contributed by atoms with E-state index in [0.717, 1.165) is 23.7 Å². The topological polar surface area (TPSA) is 39.1 Å². The predicted molar refractivity (Wildman–Crippen MR) is 89.2 cm³/mol. The molecule has 0 aliphatic carbocycles. The van der Waals surface area contributed by atoms with Crippen molar-refractivity contribution in [3.63, 3.8) is 0 Å². The van der Waals surface area contributed by atoms with Crippen LogP contribution in [0.15, 0.2) is 54.2 Å². The number of para-hydroxylation sites is 1. The van der Waals surface area contributed by atoms with E-state index in [2.05, 4.69) is 33.9 Å². The van der Waals surface area contributed by atoms with Crippen molar-refractivity contribution in [3.05, 3.63) is 70.4 Å². The van der Waals surface area contributed by atoms with Gasteiger partial charge in [-0.1, -0.05) is 24.3 Å². The number of aryl methyl sites for hydroxylation is 1.